The lowest BCUT2D eigenvalue weighted by molar-refractivity contribution is 0.235. The summed E-state index contributed by atoms with van der Waals surface area (Å²) in [5, 5.41) is 5.66. The Bertz CT molecular complexity index is 921. The summed E-state index contributed by atoms with van der Waals surface area (Å²) < 4.78 is 16.4. The lowest BCUT2D eigenvalue weighted by atomic mass is 10.2. The van der Waals surface area contributed by atoms with Gasteiger partial charge in [-0.3, -0.25) is 0 Å². The summed E-state index contributed by atoms with van der Waals surface area (Å²) in [4.78, 5) is 16.3. The summed E-state index contributed by atoms with van der Waals surface area (Å²) in [5.41, 5.74) is 0.871. The van der Waals surface area contributed by atoms with Crippen LogP contribution in [-0.4, -0.2) is 18.1 Å². The largest absolute Gasteiger partial charge is 0.497 e. The molecule has 0 spiro atoms. The van der Waals surface area contributed by atoms with Crippen molar-refractivity contribution in [1.82, 2.24) is 15.6 Å². The van der Waals surface area contributed by atoms with Crippen molar-refractivity contribution < 1.29 is 18.7 Å². The quantitative estimate of drug-likeness (QED) is 0.636. The number of benzene rings is 1. The highest BCUT2D eigenvalue weighted by Crippen LogP contribution is 2.22. The van der Waals surface area contributed by atoms with Crippen LogP contribution in [0.5, 0.6) is 17.4 Å². The number of urea groups is 1. The molecule has 1 aromatic carbocycles. The van der Waals surface area contributed by atoms with Crippen LogP contribution in [-0.2, 0) is 6.54 Å². The van der Waals surface area contributed by atoms with E-state index in [1.165, 1.54) is 0 Å². The van der Waals surface area contributed by atoms with E-state index in [1.54, 1.807) is 31.5 Å². The molecule has 0 fully saturated rings. The van der Waals surface area contributed by atoms with Gasteiger partial charge in [0.2, 0.25) is 5.88 Å². The van der Waals surface area contributed by atoms with Crippen molar-refractivity contribution in [3.8, 4) is 17.4 Å². The molecule has 1 atom stereocenters. The molecule has 3 aromatic rings. The summed E-state index contributed by atoms with van der Waals surface area (Å²) in [6.45, 7) is 4.08. The van der Waals surface area contributed by atoms with Crippen molar-refractivity contribution >= 4 is 6.03 Å². The second kappa shape index (κ2) is 8.94. The van der Waals surface area contributed by atoms with Crippen molar-refractivity contribution in [3.63, 3.8) is 0 Å². The number of nitrogens with one attached hydrogen (secondary N) is 2. The molecule has 0 radical (unpaired) electrons. The fraction of sp³-hybridized carbons (Fsp3) is 0.238. The fourth-order valence-electron chi connectivity index (χ4n) is 2.57. The van der Waals surface area contributed by atoms with Gasteiger partial charge in [0.05, 0.1) is 13.2 Å². The highest BCUT2D eigenvalue weighted by atomic mass is 16.5. The normalized spacial score (nSPS) is 11.5. The van der Waals surface area contributed by atoms with Gasteiger partial charge in [-0.25, -0.2) is 9.78 Å². The zero-order chi connectivity index (χ0) is 19.9. The third kappa shape index (κ3) is 5.26. The smallest absolute Gasteiger partial charge is 0.315 e. The molecule has 1 unspecified atom stereocenters. The van der Waals surface area contributed by atoms with Gasteiger partial charge in [-0.2, -0.15) is 0 Å². The Balaban J connectivity index is 1.53. The fourth-order valence-corrected chi connectivity index (χ4v) is 2.57. The van der Waals surface area contributed by atoms with Crippen LogP contribution in [0.4, 0.5) is 4.79 Å². The van der Waals surface area contributed by atoms with Gasteiger partial charge in [0.25, 0.3) is 0 Å². The number of hydrogen-bond donors (Lipinski definition) is 2. The van der Waals surface area contributed by atoms with Crippen molar-refractivity contribution in [1.29, 1.82) is 0 Å². The zero-order valence-corrected chi connectivity index (χ0v) is 16.1. The van der Waals surface area contributed by atoms with Crippen LogP contribution in [0.15, 0.2) is 59.1 Å². The Hall–Kier alpha value is -3.48. The second-order valence-corrected chi connectivity index (χ2v) is 6.28. The number of ether oxygens (including phenoxy) is 2. The molecule has 0 aliphatic rings. The van der Waals surface area contributed by atoms with Gasteiger partial charge < -0.3 is 24.5 Å². The first kappa shape index (κ1) is 19.3. The SMILES string of the molecule is COc1ccc(Oc2cc(CNC(=O)NC(C)c3ccc(C)o3)ccn2)cc1. The first-order chi connectivity index (χ1) is 13.5. The third-order valence-electron chi connectivity index (χ3n) is 4.07. The van der Waals surface area contributed by atoms with Gasteiger partial charge in [-0.15, -0.1) is 0 Å². The predicted octanol–water partition coefficient (Wildman–Crippen LogP) is 4.34. The number of aromatic nitrogens is 1. The van der Waals surface area contributed by atoms with Crippen molar-refractivity contribution in [2.75, 3.05) is 7.11 Å². The van der Waals surface area contributed by atoms with E-state index in [2.05, 4.69) is 15.6 Å². The average molecular weight is 381 g/mol. The standard InChI is InChI=1S/C21H23N3O4/c1-14-4-9-19(27-14)15(2)24-21(25)23-13-16-10-11-22-20(12-16)28-18-7-5-17(26-3)6-8-18/h4-12,15H,13H2,1-3H3,(H2,23,24,25). The molecule has 0 saturated heterocycles. The van der Waals surface area contributed by atoms with Gasteiger partial charge in [0.15, 0.2) is 0 Å². The van der Waals surface area contributed by atoms with E-state index in [9.17, 15) is 4.79 Å². The molecule has 0 aliphatic carbocycles. The van der Waals surface area contributed by atoms with E-state index >= 15 is 0 Å². The van der Waals surface area contributed by atoms with Gasteiger partial charge in [-0.1, -0.05) is 0 Å². The minimum absolute atomic E-state index is 0.222. The summed E-state index contributed by atoms with van der Waals surface area (Å²) in [7, 11) is 1.61. The summed E-state index contributed by atoms with van der Waals surface area (Å²) >= 11 is 0. The third-order valence-corrected chi connectivity index (χ3v) is 4.07. The van der Waals surface area contributed by atoms with E-state index in [4.69, 9.17) is 13.9 Å². The Morgan fingerprint density at radius 2 is 1.89 bits per heavy atom. The predicted molar refractivity (Wildman–Crippen MR) is 105 cm³/mol. The number of methoxy groups -OCH3 is 1. The Kier molecular flexibility index (Phi) is 6.16. The van der Waals surface area contributed by atoms with Crippen LogP contribution < -0.4 is 20.1 Å². The molecule has 2 N–H and O–H groups in total. The number of rotatable bonds is 7. The Labute approximate surface area is 163 Å². The lowest BCUT2D eigenvalue weighted by Crippen LogP contribution is -2.36. The van der Waals surface area contributed by atoms with E-state index in [1.807, 2.05) is 44.2 Å². The minimum atomic E-state index is -0.281. The van der Waals surface area contributed by atoms with E-state index in [-0.39, 0.29) is 12.1 Å². The molecule has 7 nitrogen and oxygen atoms in total. The molecular formula is C21H23N3O4. The Morgan fingerprint density at radius 1 is 1.14 bits per heavy atom. The number of amides is 2. The lowest BCUT2D eigenvalue weighted by Gasteiger charge is -2.13. The molecule has 2 heterocycles. The minimum Gasteiger partial charge on any atom is -0.497 e. The highest BCUT2D eigenvalue weighted by molar-refractivity contribution is 5.74. The van der Waals surface area contributed by atoms with Crippen molar-refractivity contribution in [3.05, 3.63) is 71.8 Å². The van der Waals surface area contributed by atoms with E-state index in [0.29, 0.717) is 23.9 Å². The summed E-state index contributed by atoms with van der Waals surface area (Å²) in [6.07, 6.45) is 1.64. The molecule has 2 amide bonds. The van der Waals surface area contributed by atoms with Crippen molar-refractivity contribution in [2.24, 2.45) is 0 Å². The maximum atomic E-state index is 12.1. The second-order valence-electron chi connectivity index (χ2n) is 6.28. The first-order valence-corrected chi connectivity index (χ1v) is 8.91. The molecule has 0 bridgehead atoms. The molecule has 2 aromatic heterocycles. The number of furan rings is 1. The maximum Gasteiger partial charge on any atom is 0.315 e. The van der Waals surface area contributed by atoms with Gasteiger partial charge in [0.1, 0.15) is 23.0 Å². The summed E-state index contributed by atoms with van der Waals surface area (Å²) in [5.74, 6) is 3.38. The van der Waals surface area contributed by atoms with Gasteiger partial charge >= 0.3 is 6.03 Å². The molecule has 0 saturated carbocycles. The molecule has 3 rings (SSSR count). The number of carbonyl (C=O) groups excluding carboxylic acids is 1. The molecule has 7 heteroatoms. The van der Waals surface area contributed by atoms with Crippen LogP contribution in [0.25, 0.3) is 0 Å². The maximum absolute atomic E-state index is 12.1. The molecule has 0 aliphatic heterocycles. The van der Waals surface area contributed by atoms with Gasteiger partial charge in [0, 0.05) is 18.8 Å². The van der Waals surface area contributed by atoms with Crippen LogP contribution >= 0.6 is 0 Å². The molecule has 28 heavy (non-hydrogen) atoms. The molecule has 146 valence electrons. The van der Waals surface area contributed by atoms with Crippen LogP contribution in [0.2, 0.25) is 0 Å². The number of nitrogens with zero attached hydrogens (tertiary/aromatic N) is 1. The van der Waals surface area contributed by atoms with Crippen molar-refractivity contribution in [2.45, 2.75) is 26.4 Å². The molecular weight excluding hydrogens is 358 g/mol. The first-order valence-electron chi connectivity index (χ1n) is 8.91. The summed E-state index contributed by atoms with van der Waals surface area (Å²) in [6, 6.07) is 14.0. The zero-order valence-electron chi connectivity index (χ0n) is 16.1. The van der Waals surface area contributed by atoms with Crippen LogP contribution in [0.1, 0.15) is 30.0 Å². The number of carbonyl (C=O) groups is 1. The number of hydrogen-bond acceptors (Lipinski definition) is 5. The van der Waals surface area contributed by atoms with Crippen LogP contribution in [0, 0.1) is 6.92 Å². The number of pyridine rings is 1. The topological polar surface area (TPSA) is 85.6 Å². The van der Waals surface area contributed by atoms with E-state index < -0.39 is 0 Å². The van der Waals surface area contributed by atoms with E-state index in [0.717, 1.165) is 17.1 Å². The van der Waals surface area contributed by atoms with Crippen LogP contribution in [0.3, 0.4) is 0 Å². The average Bonchev–Trinajstić information content (AvgIpc) is 3.14. The number of aryl methyl sites for hydroxylation is 1. The highest BCUT2D eigenvalue weighted by Gasteiger charge is 2.12. The van der Waals surface area contributed by atoms with Gasteiger partial charge in [-0.05, 0) is 61.9 Å². The Morgan fingerprint density at radius 3 is 2.57 bits per heavy atom. The monoisotopic (exact) mass is 381 g/mol.